The number of rotatable bonds is 1. The molecular formula is C16H14F2N4. The molecule has 2 N–H and O–H groups in total. The third-order valence-electron chi connectivity index (χ3n) is 4.13. The van der Waals surface area contributed by atoms with E-state index in [9.17, 15) is 8.78 Å². The van der Waals surface area contributed by atoms with Crippen LogP contribution in [0.15, 0.2) is 24.3 Å². The Morgan fingerprint density at radius 3 is 2.86 bits per heavy atom. The number of aromatic nitrogens is 3. The number of nitrogens with one attached hydrogen (secondary N) is 2. The number of pyridine rings is 1. The first-order valence-electron chi connectivity index (χ1n) is 7.22. The van der Waals surface area contributed by atoms with Gasteiger partial charge in [0.25, 0.3) is 0 Å². The van der Waals surface area contributed by atoms with Gasteiger partial charge in [0.1, 0.15) is 5.69 Å². The molecule has 1 aliphatic heterocycles. The minimum absolute atomic E-state index is 0.357. The number of hydrogen-bond acceptors (Lipinski definition) is 3. The normalized spacial score (nSPS) is 17.3. The molecule has 1 unspecified atom stereocenters. The van der Waals surface area contributed by atoms with Crippen molar-refractivity contribution in [2.24, 2.45) is 0 Å². The van der Waals surface area contributed by atoms with Gasteiger partial charge in [0.15, 0.2) is 11.6 Å². The molecule has 112 valence electrons. The van der Waals surface area contributed by atoms with Gasteiger partial charge in [-0.2, -0.15) is 5.10 Å². The molecule has 1 aliphatic rings. The third kappa shape index (κ3) is 1.94. The lowest BCUT2D eigenvalue weighted by Gasteiger charge is -2.23. The first-order chi connectivity index (χ1) is 10.6. The average Bonchev–Trinajstić information content (AvgIpc) is 2.91. The highest BCUT2D eigenvalue weighted by molar-refractivity contribution is 5.92. The molecule has 0 saturated carbocycles. The predicted octanol–water partition coefficient (Wildman–Crippen LogP) is 3.82. The molecule has 0 aliphatic carbocycles. The maximum Gasteiger partial charge on any atom is 0.160 e. The number of nitrogens with zero attached hydrogens (tertiary/aromatic N) is 2. The van der Waals surface area contributed by atoms with Gasteiger partial charge in [-0.1, -0.05) is 6.92 Å². The second-order valence-corrected chi connectivity index (χ2v) is 5.63. The van der Waals surface area contributed by atoms with Crippen molar-refractivity contribution in [3.05, 3.63) is 41.6 Å². The summed E-state index contributed by atoms with van der Waals surface area (Å²) in [6, 6.07) is 6.09. The van der Waals surface area contributed by atoms with Crippen LogP contribution in [0.25, 0.3) is 22.3 Å². The monoisotopic (exact) mass is 300 g/mol. The number of hydrogen-bond donors (Lipinski definition) is 2. The highest BCUT2D eigenvalue weighted by atomic mass is 19.2. The molecule has 0 fully saturated rings. The third-order valence-corrected chi connectivity index (χ3v) is 4.13. The van der Waals surface area contributed by atoms with Crippen molar-refractivity contribution in [3.63, 3.8) is 0 Å². The topological polar surface area (TPSA) is 53.6 Å². The fourth-order valence-electron chi connectivity index (χ4n) is 2.90. The number of benzene rings is 1. The van der Waals surface area contributed by atoms with Crippen molar-refractivity contribution < 1.29 is 8.78 Å². The maximum atomic E-state index is 13.5. The Labute approximate surface area is 125 Å². The molecule has 2 aromatic heterocycles. The maximum absolute atomic E-state index is 13.5. The van der Waals surface area contributed by atoms with Gasteiger partial charge in [-0.25, -0.2) is 13.8 Å². The van der Waals surface area contributed by atoms with Gasteiger partial charge in [0, 0.05) is 23.9 Å². The molecule has 4 rings (SSSR count). The Kier molecular flexibility index (Phi) is 2.85. The van der Waals surface area contributed by atoms with Crippen LogP contribution in [0, 0.1) is 11.6 Å². The molecule has 22 heavy (non-hydrogen) atoms. The highest BCUT2D eigenvalue weighted by Crippen LogP contribution is 2.33. The molecule has 0 radical (unpaired) electrons. The van der Waals surface area contributed by atoms with Crippen LogP contribution in [0.4, 0.5) is 14.5 Å². The Hall–Kier alpha value is -2.50. The molecule has 0 saturated heterocycles. The van der Waals surface area contributed by atoms with E-state index in [0.29, 0.717) is 28.2 Å². The molecule has 0 amide bonds. The van der Waals surface area contributed by atoms with Gasteiger partial charge in [-0.3, -0.25) is 5.10 Å². The van der Waals surface area contributed by atoms with Crippen molar-refractivity contribution in [3.8, 4) is 11.4 Å². The largest absolute Gasteiger partial charge is 0.384 e. The first-order valence-corrected chi connectivity index (χ1v) is 7.22. The zero-order chi connectivity index (χ0) is 15.3. The predicted molar refractivity (Wildman–Crippen MR) is 80.8 cm³/mol. The van der Waals surface area contributed by atoms with Crippen LogP contribution in [-0.4, -0.2) is 21.7 Å². The van der Waals surface area contributed by atoms with Gasteiger partial charge >= 0.3 is 0 Å². The van der Waals surface area contributed by atoms with Gasteiger partial charge < -0.3 is 5.32 Å². The molecule has 0 spiro atoms. The molecule has 1 aromatic carbocycles. The number of H-pyrrole nitrogens is 1. The summed E-state index contributed by atoms with van der Waals surface area (Å²) in [5, 5.41) is 10.8. The van der Waals surface area contributed by atoms with Crippen LogP contribution < -0.4 is 5.32 Å². The Morgan fingerprint density at radius 1 is 1.18 bits per heavy atom. The van der Waals surface area contributed by atoms with E-state index in [2.05, 4.69) is 27.4 Å². The SMILES string of the molecule is CC1CCNc2ccc(-c3n[nH]c4cc(F)c(F)cc34)nc21. The van der Waals surface area contributed by atoms with Crippen LogP contribution in [-0.2, 0) is 0 Å². The Morgan fingerprint density at radius 2 is 2.00 bits per heavy atom. The fourth-order valence-corrected chi connectivity index (χ4v) is 2.90. The highest BCUT2D eigenvalue weighted by Gasteiger charge is 2.20. The van der Waals surface area contributed by atoms with Crippen LogP contribution in [0.5, 0.6) is 0 Å². The van der Waals surface area contributed by atoms with Crippen molar-refractivity contribution >= 4 is 16.6 Å². The van der Waals surface area contributed by atoms with E-state index in [4.69, 9.17) is 0 Å². The zero-order valence-corrected chi connectivity index (χ0v) is 12.0. The lowest BCUT2D eigenvalue weighted by Crippen LogP contribution is -2.16. The smallest absolute Gasteiger partial charge is 0.160 e. The molecule has 3 heterocycles. The van der Waals surface area contributed by atoms with Gasteiger partial charge in [-0.05, 0) is 24.6 Å². The quantitative estimate of drug-likeness (QED) is 0.718. The standard InChI is InChI=1S/C16H14F2N4/c1-8-4-5-19-12-2-3-13(20-15(8)12)16-9-6-10(17)11(18)7-14(9)21-22-16/h2-3,6-8,19H,4-5H2,1H3,(H,21,22). The van der Waals surface area contributed by atoms with Crippen LogP contribution in [0.3, 0.4) is 0 Å². The summed E-state index contributed by atoms with van der Waals surface area (Å²) in [4.78, 5) is 4.68. The van der Waals surface area contributed by atoms with Crippen molar-refractivity contribution in [2.45, 2.75) is 19.3 Å². The summed E-state index contributed by atoms with van der Waals surface area (Å²) in [7, 11) is 0. The number of aromatic amines is 1. The van der Waals surface area contributed by atoms with E-state index in [1.165, 1.54) is 0 Å². The van der Waals surface area contributed by atoms with Crippen molar-refractivity contribution in [1.29, 1.82) is 0 Å². The first kappa shape index (κ1) is 13.2. The summed E-state index contributed by atoms with van der Waals surface area (Å²) in [5.41, 5.74) is 3.67. The summed E-state index contributed by atoms with van der Waals surface area (Å²) in [6.45, 7) is 3.07. The second-order valence-electron chi connectivity index (χ2n) is 5.63. The van der Waals surface area contributed by atoms with Crippen LogP contribution >= 0.6 is 0 Å². The summed E-state index contributed by atoms with van der Waals surface area (Å²) in [6.07, 6.45) is 1.02. The summed E-state index contributed by atoms with van der Waals surface area (Å²) < 4.78 is 26.8. The molecule has 3 aromatic rings. The molecule has 0 bridgehead atoms. The lowest BCUT2D eigenvalue weighted by atomic mass is 9.97. The van der Waals surface area contributed by atoms with Gasteiger partial charge in [0.2, 0.25) is 0 Å². The molecule has 1 atom stereocenters. The van der Waals surface area contributed by atoms with Gasteiger partial charge in [0.05, 0.1) is 22.6 Å². The van der Waals surface area contributed by atoms with E-state index >= 15 is 0 Å². The fraction of sp³-hybridized carbons (Fsp3) is 0.250. The van der Waals surface area contributed by atoms with E-state index < -0.39 is 11.6 Å². The molecular weight excluding hydrogens is 286 g/mol. The number of fused-ring (bicyclic) bond motifs is 2. The Bertz CT molecular complexity index is 872. The average molecular weight is 300 g/mol. The number of anilines is 1. The van der Waals surface area contributed by atoms with Gasteiger partial charge in [-0.15, -0.1) is 0 Å². The summed E-state index contributed by atoms with van der Waals surface area (Å²) in [5.74, 6) is -1.42. The van der Waals surface area contributed by atoms with Crippen LogP contribution in [0.2, 0.25) is 0 Å². The lowest BCUT2D eigenvalue weighted by molar-refractivity contribution is 0.511. The minimum Gasteiger partial charge on any atom is -0.384 e. The summed E-state index contributed by atoms with van der Waals surface area (Å²) >= 11 is 0. The van der Waals surface area contributed by atoms with E-state index in [1.54, 1.807) is 0 Å². The van der Waals surface area contributed by atoms with E-state index in [-0.39, 0.29) is 0 Å². The van der Waals surface area contributed by atoms with Crippen LogP contribution in [0.1, 0.15) is 25.0 Å². The Balaban J connectivity index is 1.89. The second kappa shape index (κ2) is 4.76. The number of halogens is 2. The van der Waals surface area contributed by atoms with E-state index in [0.717, 1.165) is 36.5 Å². The molecule has 6 heteroatoms. The zero-order valence-electron chi connectivity index (χ0n) is 12.0. The van der Waals surface area contributed by atoms with Crippen molar-refractivity contribution in [2.75, 3.05) is 11.9 Å². The minimum atomic E-state index is -0.890. The van der Waals surface area contributed by atoms with E-state index in [1.807, 2.05) is 12.1 Å². The van der Waals surface area contributed by atoms with Crippen molar-refractivity contribution in [1.82, 2.24) is 15.2 Å². The molecule has 4 nitrogen and oxygen atoms in total.